The van der Waals surface area contributed by atoms with Crippen LogP contribution in [0.5, 0.6) is 0 Å². The van der Waals surface area contributed by atoms with E-state index in [4.69, 9.17) is 0 Å². The zero-order valence-electron chi connectivity index (χ0n) is 12.2. The molecule has 1 saturated heterocycles. The van der Waals surface area contributed by atoms with Crippen LogP contribution in [0.2, 0.25) is 0 Å². The van der Waals surface area contributed by atoms with E-state index in [1.807, 2.05) is 0 Å². The SMILES string of the molecule is CCC(CS)CN1CCN(c2cccc(C)c2)CC1. The van der Waals surface area contributed by atoms with Crippen molar-refractivity contribution in [3.05, 3.63) is 29.8 Å². The van der Waals surface area contributed by atoms with Crippen molar-refractivity contribution >= 4 is 18.3 Å². The summed E-state index contributed by atoms with van der Waals surface area (Å²) in [7, 11) is 0. The summed E-state index contributed by atoms with van der Waals surface area (Å²) in [6.07, 6.45) is 1.24. The molecule has 0 aliphatic carbocycles. The van der Waals surface area contributed by atoms with Gasteiger partial charge in [0.2, 0.25) is 0 Å². The fraction of sp³-hybridized carbons (Fsp3) is 0.625. The number of hydrogen-bond acceptors (Lipinski definition) is 3. The highest BCUT2D eigenvalue weighted by Gasteiger charge is 2.19. The third kappa shape index (κ3) is 4.15. The lowest BCUT2D eigenvalue weighted by atomic mass is 10.1. The molecule has 1 aliphatic heterocycles. The molecule has 0 amide bonds. The van der Waals surface area contributed by atoms with E-state index in [9.17, 15) is 0 Å². The Morgan fingerprint density at radius 3 is 2.53 bits per heavy atom. The number of nitrogens with zero attached hydrogens (tertiary/aromatic N) is 2. The molecule has 0 radical (unpaired) electrons. The summed E-state index contributed by atoms with van der Waals surface area (Å²) in [6.45, 7) is 10.3. The first-order valence-corrected chi connectivity index (χ1v) is 8.01. The molecule has 1 fully saturated rings. The molecule has 1 unspecified atom stereocenters. The summed E-state index contributed by atoms with van der Waals surface area (Å²) in [5, 5.41) is 0. The molecule has 1 aliphatic rings. The van der Waals surface area contributed by atoms with Gasteiger partial charge in [0.1, 0.15) is 0 Å². The second-order valence-corrected chi connectivity index (χ2v) is 5.95. The van der Waals surface area contributed by atoms with Crippen LogP contribution >= 0.6 is 12.6 Å². The number of thiol groups is 1. The minimum atomic E-state index is 0.744. The first-order chi connectivity index (χ1) is 9.22. The van der Waals surface area contributed by atoms with Crippen molar-refractivity contribution < 1.29 is 0 Å². The predicted octanol–water partition coefficient (Wildman–Crippen LogP) is 3.07. The van der Waals surface area contributed by atoms with Gasteiger partial charge in [-0.1, -0.05) is 25.5 Å². The second-order valence-electron chi connectivity index (χ2n) is 5.58. The summed E-state index contributed by atoms with van der Waals surface area (Å²) in [6, 6.07) is 8.84. The summed E-state index contributed by atoms with van der Waals surface area (Å²) in [5.41, 5.74) is 2.72. The largest absolute Gasteiger partial charge is 0.369 e. The highest BCUT2D eigenvalue weighted by atomic mass is 32.1. The first kappa shape index (κ1) is 14.7. The van der Waals surface area contributed by atoms with Crippen LogP contribution in [0.15, 0.2) is 24.3 Å². The van der Waals surface area contributed by atoms with Crippen LogP contribution in [0.4, 0.5) is 5.69 Å². The second kappa shape index (κ2) is 7.20. The van der Waals surface area contributed by atoms with E-state index < -0.39 is 0 Å². The van der Waals surface area contributed by atoms with Gasteiger partial charge in [0.15, 0.2) is 0 Å². The van der Waals surface area contributed by atoms with Crippen LogP contribution in [0.3, 0.4) is 0 Å². The van der Waals surface area contributed by atoms with Crippen LogP contribution in [-0.2, 0) is 0 Å². The van der Waals surface area contributed by atoms with Crippen molar-refractivity contribution in [3.8, 4) is 0 Å². The molecule has 106 valence electrons. The maximum atomic E-state index is 4.44. The Bertz CT molecular complexity index is 382. The monoisotopic (exact) mass is 278 g/mol. The summed E-state index contributed by atoms with van der Waals surface area (Å²) >= 11 is 4.44. The average Bonchev–Trinajstić information content (AvgIpc) is 2.45. The molecule has 3 heteroatoms. The van der Waals surface area contributed by atoms with E-state index in [0.717, 1.165) is 24.8 Å². The Balaban J connectivity index is 1.85. The molecule has 0 spiro atoms. The van der Waals surface area contributed by atoms with Crippen LogP contribution < -0.4 is 4.90 Å². The van der Waals surface area contributed by atoms with E-state index >= 15 is 0 Å². The van der Waals surface area contributed by atoms with Crippen molar-refractivity contribution in [1.82, 2.24) is 4.90 Å². The van der Waals surface area contributed by atoms with E-state index in [1.54, 1.807) is 0 Å². The van der Waals surface area contributed by atoms with E-state index in [2.05, 4.69) is 60.5 Å². The molecule has 0 bridgehead atoms. The number of hydrogen-bond donors (Lipinski definition) is 1. The average molecular weight is 278 g/mol. The van der Waals surface area contributed by atoms with Crippen LogP contribution in [0.1, 0.15) is 18.9 Å². The lowest BCUT2D eigenvalue weighted by molar-refractivity contribution is 0.224. The third-order valence-corrected chi connectivity index (χ3v) is 4.61. The fourth-order valence-electron chi connectivity index (χ4n) is 2.69. The van der Waals surface area contributed by atoms with Crippen LogP contribution in [-0.4, -0.2) is 43.4 Å². The maximum Gasteiger partial charge on any atom is 0.0369 e. The highest BCUT2D eigenvalue weighted by Crippen LogP contribution is 2.18. The Morgan fingerprint density at radius 1 is 1.21 bits per heavy atom. The van der Waals surface area contributed by atoms with Crippen molar-refractivity contribution in [2.24, 2.45) is 5.92 Å². The normalized spacial score (nSPS) is 18.6. The molecular formula is C16H26N2S. The zero-order valence-corrected chi connectivity index (χ0v) is 13.1. The Morgan fingerprint density at radius 2 is 1.95 bits per heavy atom. The topological polar surface area (TPSA) is 6.48 Å². The highest BCUT2D eigenvalue weighted by molar-refractivity contribution is 7.80. The lowest BCUT2D eigenvalue weighted by Crippen LogP contribution is -2.48. The number of benzene rings is 1. The zero-order chi connectivity index (χ0) is 13.7. The Hall–Kier alpha value is -0.670. The molecule has 2 rings (SSSR count). The van der Waals surface area contributed by atoms with Gasteiger partial charge in [-0.2, -0.15) is 12.6 Å². The van der Waals surface area contributed by atoms with Gasteiger partial charge in [-0.25, -0.2) is 0 Å². The van der Waals surface area contributed by atoms with Crippen molar-refractivity contribution in [1.29, 1.82) is 0 Å². The number of rotatable bonds is 5. The van der Waals surface area contributed by atoms with Crippen molar-refractivity contribution in [3.63, 3.8) is 0 Å². The predicted molar refractivity (Wildman–Crippen MR) is 87.5 cm³/mol. The minimum Gasteiger partial charge on any atom is -0.369 e. The van der Waals surface area contributed by atoms with Crippen molar-refractivity contribution in [2.75, 3.05) is 43.4 Å². The molecule has 0 N–H and O–H groups in total. The number of piperazine rings is 1. The van der Waals surface area contributed by atoms with E-state index in [0.29, 0.717) is 0 Å². The minimum absolute atomic E-state index is 0.744. The molecule has 2 nitrogen and oxygen atoms in total. The van der Waals surface area contributed by atoms with Gasteiger partial charge in [-0.3, -0.25) is 4.90 Å². The molecule has 1 aromatic carbocycles. The van der Waals surface area contributed by atoms with Gasteiger partial charge in [0, 0.05) is 38.4 Å². The van der Waals surface area contributed by atoms with Gasteiger partial charge in [0.05, 0.1) is 0 Å². The Kier molecular flexibility index (Phi) is 5.59. The first-order valence-electron chi connectivity index (χ1n) is 7.37. The standard InChI is InChI=1S/C16H26N2S/c1-3-15(13-19)12-17-7-9-18(10-8-17)16-6-4-5-14(2)11-16/h4-6,11,15,19H,3,7-10,12-13H2,1-2H3. The summed E-state index contributed by atoms with van der Waals surface area (Å²) < 4.78 is 0. The quantitative estimate of drug-likeness (QED) is 0.827. The van der Waals surface area contributed by atoms with Gasteiger partial charge in [0.25, 0.3) is 0 Å². The maximum absolute atomic E-state index is 4.44. The van der Waals surface area contributed by atoms with E-state index in [-0.39, 0.29) is 0 Å². The molecule has 19 heavy (non-hydrogen) atoms. The van der Waals surface area contributed by atoms with Gasteiger partial charge in [-0.05, 0) is 36.3 Å². The van der Waals surface area contributed by atoms with Gasteiger partial charge < -0.3 is 4.90 Å². The summed E-state index contributed by atoms with van der Waals surface area (Å²) in [5.74, 6) is 1.75. The Labute approximate surface area is 123 Å². The fourth-order valence-corrected chi connectivity index (χ4v) is 3.07. The van der Waals surface area contributed by atoms with E-state index in [1.165, 1.54) is 37.3 Å². The van der Waals surface area contributed by atoms with Gasteiger partial charge >= 0.3 is 0 Å². The number of aryl methyl sites for hydroxylation is 1. The molecular weight excluding hydrogens is 252 g/mol. The van der Waals surface area contributed by atoms with Gasteiger partial charge in [-0.15, -0.1) is 0 Å². The smallest absolute Gasteiger partial charge is 0.0369 e. The molecule has 0 saturated carbocycles. The summed E-state index contributed by atoms with van der Waals surface area (Å²) in [4.78, 5) is 5.10. The molecule has 1 aromatic rings. The lowest BCUT2D eigenvalue weighted by Gasteiger charge is -2.37. The van der Waals surface area contributed by atoms with Crippen LogP contribution in [0.25, 0.3) is 0 Å². The molecule has 1 atom stereocenters. The molecule has 0 aromatic heterocycles. The number of anilines is 1. The molecule has 1 heterocycles. The van der Waals surface area contributed by atoms with Crippen LogP contribution in [0, 0.1) is 12.8 Å². The van der Waals surface area contributed by atoms with Crippen molar-refractivity contribution in [2.45, 2.75) is 20.3 Å². The third-order valence-electron chi connectivity index (χ3n) is 4.09.